The second-order valence-electron chi connectivity index (χ2n) is 7.16. The molecule has 0 saturated carbocycles. The maximum Gasteiger partial charge on any atom is 0.308 e. The van der Waals surface area contributed by atoms with Gasteiger partial charge in [-0.15, -0.1) is 0 Å². The molecule has 0 aliphatic rings. The van der Waals surface area contributed by atoms with Gasteiger partial charge in [0.05, 0.1) is 0 Å². The molecule has 0 amide bonds. The van der Waals surface area contributed by atoms with Crippen LogP contribution in [0.25, 0.3) is 6.08 Å². The summed E-state index contributed by atoms with van der Waals surface area (Å²) in [6, 6.07) is 9.25. The summed E-state index contributed by atoms with van der Waals surface area (Å²) in [7, 11) is 0. The van der Waals surface area contributed by atoms with E-state index in [1.165, 1.54) is 58.0 Å². The van der Waals surface area contributed by atoms with E-state index in [1.54, 1.807) is 18.2 Å². The highest BCUT2D eigenvalue weighted by Gasteiger charge is 2.13. The van der Waals surface area contributed by atoms with Crippen molar-refractivity contribution in [2.75, 3.05) is 0 Å². The molecule has 0 N–H and O–H groups in total. The van der Waals surface area contributed by atoms with Gasteiger partial charge in [0.15, 0.2) is 28.8 Å². The van der Waals surface area contributed by atoms with E-state index in [9.17, 15) is 24.0 Å². The van der Waals surface area contributed by atoms with Crippen molar-refractivity contribution < 1.29 is 42.9 Å². The Kier molecular flexibility index (Phi) is 9.25. The molecule has 0 atom stereocenters. The summed E-state index contributed by atoms with van der Waals surface area (Å²) < 4.78 is 20.2. The predicted molar refractivity (Wildman–Crippen MR) is 120 cm³/mol. The number of esters is 4. The van der Waals surface area contributed by atoms with Gasteiger partial charge in [0, 0.05) is 34.1 Å². The Labute approximate surface area is 196 Å². The highest BCUT2D eigenvalue weighted by atomic mass is 16.6. The number of allylic oxidation sites excluding steroid dienone is 1. The Morgan fingerprint density at radius 3 is 1.65 bits per heavy atom. The molecule has 2 aromatic rings. The fourth-order valence-corrected chi connectivity index (χ4v) is 2.82. The first kappa shape index (κ1) is 26.0. The molecule has 0 fully saturated rings. The summed E-state index contributed by atoms with van der Waals surface area (Å²) >= 11 is 0. The molecule has 2 aromatic carbocycles. The summed E-state index contributed by atoms with van der Waals surface area (Å²) in [5.41, 5.74) is 1.26. The van der Waals surface area contributed by atoms with Gasteiger partial charge < -0.3 is 18.9 Å². The van der Waals surface area contributed by atoms with Crippen molar-refractivity contribution in [1.29, 1.82) is 0 Å². The van der Waals surface area contributed by atoms with Crippen molar-refractivity contribution >= 4 is 35.7 Å². The van der Waals surface area contributed by atoms with E-state index in [2.05, 4.69) is 0 Å². The van der Waals surface area contributed by atoms with Gasteiger partial charge in [-0.1, -0.05) is 18.2 Å². The van der Waals surface area contributed by atoms with E-state index in [0.29, 0.717) is 17.5 Å². The van der Waals surface area contributed by atoms with Crippen LogP contribution in [0.5, 0.6) is 23.0 Å². The third kappa shape index (κ3) is 8.70. The summed E-state index contributed by atoms with van der Waals surface area (Å²) in [5, 5.41) is 0. The highest BCUT2D eigenvalue weighted by Crippen LogP contribution is 2.30. The Morgan fingerprint density at radius 2 is 1.12 bits per heavy atom. The number of benzene rings is 2. The van der Waals surface area contributed by atoms with Crippen molar-refractivity contribution in [2.24, 2.45) is 0 Å². The summed E-state index contributed by atoms with van der Waals surface area (Å²) in [6.07, 6.45) is 3.42. The van der Waals surface area contributed by atoms with E-state index < -0.39 is 23.9 Å². The lowest BCUT2D eigenvalue weighted by molar-refractivity contribution is -0.134. The van der Waals surface area contributed by atoms with Crippen molar-refractivity contribution in [3.63, 3.8) is 0 Å². The van der Waals surface area contributed by atoms with Gasteiger partial charge in [-0.05, 0) is 47.9 Å². The van der Waals surface area contributed by atoms with Gasteiger partial charge in [0.2, 0.25) is 0 Å². The maximum absolute atomic E-state index is 12.3. The van der Waals surface area contributed by atoms with Crippen LogP contribution in [0.1, 0.15) is 45.2 Å². The van der Waals surface area contributed by atoms with Gasteiger partial charge in [0.25, 0.3) is 0 Å². The SMILES string of the molecule is CC(=O)Oc1ccc(/C=C/C(=O)CCc2ccc(OC(C)=O)c(OC(C)=O)c2)cc1OC(C)=O. The molecule has 0 unspecified atom stereocenters. The second-order valence-corrected chi connectivity index (χ2v) is 7.16. The Bertz CT molecular complexity index is 1150. The molecule has 0 spiro atoms. The normalized spacial score (nSPS) is 10.5. The summed E-state index contributed by atoms with van der Waals surface area (Å²) in [5.74, 6) is -2.11. The number of ketones is 1. The van der Waals surface area contributed by atoms with Crippen molar-refractivity contribution in [3.8, 4) is 23.0 Å². The number of carbonyl (C=O) groups excluding carboxylic acids is 5. The minimum Gasteiger partial charge on any atom is -0.423 e. The lowest BCUT2D eigenvalue weighted by atomic mass is 10.1. The zero-order valence-corrected chi connectivity index (χ0v) is 19.2. The van der Waals surface area contributed by atoms with Crippen LogP contribution in [-0.2, 0) is 30.4 Å². The average Bonchev–Trinajstić information content (AvgIpc) is 2.72. The predicted octanol–water partition coefficient (Wildman–Crippen LogP) is 3.60. The van der Waals surface area contributed by atoms with Crippen LogP contribution in [0.3, 0.4) is 0 Å². The van der Waals surface area contributed by atoms with Crippen molar-refractivity contribution in [1.82, 2.24) is 0 Å². The molecule has 2 rings (SSSR count). The van der Waals surface area contributed by atoms with E-state index in [0.717, 1.165) is 0 Å². The molecular weight excluding hydrogens is 444 g/mol. The quantitative estimate of drug-likeness (QED) is 0.308. The number of hydrogen-bond donors (Lipinski definition) is 0. The van der Waals surface area contributed by atoms with Gasteiger partial charge in [-0.3, -0.25) is 24.0 Å². The smallest absolute Gasteiger partial charge is 0.308 e. The second kappa shape index (κ2) is 12.1. The number of hydrogen-bond acceptors (Lipinski definition) is 9. The zero-order valence-electron chi connectivity index (χ0n) is 19.2. The van der Waals surface area contributed by atoms with Gasteiger partial charge >= 0.3 is 23.9 Å². The Morgan fingerprint density at radius 1 is 0.647 bits per heavy atom. The molecule has 0 aliphatic heterocycles. The number of carbonyl (C=O) groups is 5. The Balaban J connectivity index is 2.09. The summed E-state index contributed by atoms with van der Waals surface area (Å²) in [4.78, 5) is 57.4. The Hall–Kier alpha value is -4.27. The first-order valence-electron chi connectivity index (χ1n) is 10.2. The van der Waals surface area contributed by atoms with E-state index >= 15 is 0 Å². The molecule has 9 nitrogen and oxygen atoms in total. The molecule has 0 heterocycles. The molecular formula is C25H24O9. The van der Waals surface area contributed by atoms with Crippen LogP contribution in [0.2, 0.25) is 0 Å². The fraction of sp³-hybridized carbons (Fsp3) is 0.240. The fourth-order valence-electron chi connectivity index (χ4n) is 2.82. The number of aryl methyl sites for hydroxylation is 1. The lowest BCUT2D eigenvalue weighted by Gasteiger charge is -2.10. The average molecular weight is 468 g/mol. The van der Waals surface area contributed by atoms with Crippen LogP contribution in [0.4, 0.5) is 0 Å². The molecule has 9 heteroatoms. The minimum atomic E-state index is -0.585. The largest absolute Gasteiger partial charge is 0.423 e. The van der Waals surface area contributed by atoms with Crippen LogP contribution in [-0.4, -0.2) is 29.7 Å². The van der Waals surface area contributed by atoms with E-state index in [1.807, 2.05) is 0 Å². The highest BCUT2D eigenvalue weighted by molar-refractivity contribution is 5.93. The van der Waals surface area contributed by atoms with Crippen LogP contribution >= 0.6 is 0 Å². The van der Waals surface area contributed by atoms with Crippen LogP contribution in [0.15, 0.2) is 42.5 Å². The molecule has 0 saturated heterocycles. The van der Waals surface area contributed by atoms with Crippen molar-refractivity contribution in [2.45, 2.75) is 40.5 Å². The minimum absolute atomic E-state index is 0.0585. The van der Waals surface area contributed by atoms with Gasteiger partial charge in [-0.2, -0.15) is 0 Å². The molecule has 0 bridgehead atoms. The molecule has 0 aromatic heterocycles. The summed E-state index contributed by atoms with van der Waals surface area (Å²) in [6.45, 7) is 4.90. The third-order valence-corrected chi connectivity index (χ3v) is 4.11. The number of rotatable bonds is 9. The molecule has 0 radical (unpaired) electrons. The van der Waals surface area contributed by atoms with E-state index in [-0.39, 0.29) is 35.2 Å². The molecule has 0 aliphatic carbocycles. The van der Waals surface area contributed by atoms with E-state index in [4.69, 9.17) is 18.9 Å². The molecule has 178 valence electrons. The maximum atomic E-state index is 12.3. The number of ether oxygens (including phenoxy) is 4. The van der Waals surface area contributed by atoms with Crippen LogP contribution in [0, 0.1) is 0 Å². The lowest BCUT2D eigenvalue weighted by Crippen LogP contribution is -2.07. The standard InChI is InChI=1S/C25H24O9/c1-15(26)31-22-11-7-19(13-24(22)33-17(3)28)5-9-21(30)10-6-20-8-12-23(32-16(2)27)25(14-20)34-18(4)29/h5,7-9,11-14H,6,10H2,1-4H3/b9-5+. The first-order valence-corrected chi connectivity index (χ1v) is 10.2. The van der Waals surface area contributed by atoms with Crippen LogP contribution < -0.4 is 18.9 Å². The topological polar surface area (TPSA) is 122 Å². The zero-order chi connectivity index (χ0) is 25.3. The monoisotopic (exact) mass is 468 g/mol. The van der Waals surface area contributed by atoms with Crippen molar-refractivity contribution in [3.05, 3.63) is 53.6 Å². The first-order chi connectivity index (χ1) is 16.0. The molecule has 34 heavy (non-hydrogen) atoms. The third-order valence-electron chi connectivity index (χ3n) is 4.11. The van der Waals surface area contributed by atoms with Gasteiger partial charge in [0.1, 0.15) is 0 Å². The van der Waals surface area contributed by atoms with Gasteiger partial charge in [-0.25, -0.2) is 0 Å².